The van der Waals surface area contributed by atoms with E-state index in [0.29, 0.717) is 31.4 Å². The van der Waals surface area contributed by atoms with Crippen molar-refractivity contribution in [3.05, 3.63) is 36.1 Å². The van der Waals surface area contributed by atoms with Crippen LogP contribution in [0.2, 0.25) is 0 Å². The molecule has 0 saturated heterocycles. The van der Waals surface area contributed by atoms with Gasteiger partial charge in [0.25, 0.3) is 5.91 Å². The fourth-order valence-corrected chi connectivity index (χ4v) is 1.82. The van der Waals surface area contributed by atoms with Gasteiger partial charge < -0.3 is 14.5 Å². The first kappa shape index (κ1) is 13.9. The third kappa shape index (κ3) is 3.98. The number of hydrogen-bond acceptors (Lipinski definition) is 3. The first-order valence-electron chi connectivity index (χ1n) is 6.22. The molecule has 4 nitrogen and oxygen atoms in total. The molecule has 0 atom stereocenters. The first-order valence-corrected chi connectivity index (χ1v) is 6.75. The lowest BCUT2D eigenvalue weighted by molar-refractivity contribution is 0.0919. The van der Waals surface area contributed by atoms with Crippen LogP contribution in [-0.4, -0.2) is 31.5 Å². The van der Waals surface area contributed by atoms with Crippen molar-refractivity contribution in [2.24, 2.45) is 0 Å². The predicted octanol–water partition coefficient (Wildman–Crippen LogP) is 2.81. The van der Waals surface area contributed by atoms with Crippen LogP contribution in [0.15, 0.2) is 34.7 Å². The summed E-state index contributed by atoms with van der Waals surface area (Å²) in [4.78, 5) is 11.8. The quantitative estimate of drug-likeness (QED) is 0.627. The van der Waals surface area contributed by atoms with E-state index in [2.05, 4.69) is 5.32 Å². The Morgan fingerprint density at radius 3 is 2.95 bits per heavy atom. The Kier molecular flexibility index (Phi) is 5.24. The summed E-state index contributed by atoms with van der Waals surface area (Å²) in [5.74, 6) is 0.627. The van der Waals surface area contributed by atoms with Gasteiger partial charge in [-0.3, -0.25) is 4.79 Å². The van der Waals surface area contributed by atoms with E-state index in [1.54, 1.807) is 6.07 Å². The molecule has 1 amide bonds. The maximum absolute atomic E-state index is 11.8. The average Bonchev–Trinajstić information content (AvgIpc) is 2.86. The molecule has 1 N–H and O–H groups in total. The molecule has 1 aromatic heterocycles. The molecule has 1 heterocycles. The van der Waals surface area contributed by atoms with E-state index in [4.69, 9.17) is 20.8 Å². The van der Waals surface area contributed by atoms with Crippen LogP contribution in [0, 0.1) is 0 Å². The van der Waals surface area contributed by atoms with Crippen LogP contribution in [0.25, 0.3) is 11.0 Å². The van der Waals surface area contributed by atoms with Gasteiger partial charge >= 0.3 is 0 Å². The van der Waals surface area contributed by atoms with E-state index < -0.39 is 0 Å². The van der Waals surface area contributed by atoms with Gasteiger partial charge in [0, 0.05) is 24.4 Å². The number of amides is 1. The smallest absolute Gasteiger partial charge is 0.287 e. The van der Waals surface area contributed by atoms with E-state index in [1.807, 2.05) is 24.3 Å². The highest BCUT2D eigenvalue weighted by Crippen LogP contribution is 2.18. The molecule has 0 spiro atoms. The summed E-state index contributed by atoms with van der Waals surface area (Å²) in [6.07, 6.45) is 0.753. The zero-order valence-corrected chi connectivity index (χ0v) is 11.3. The molecule has 2 aromatic rings. The molecule has 0 aliphatic rings. The minimum absolute atomic E-state index is 0.200. The molecule has 0 radical (unpaired) electrons. The molecular weight excluding hydrogens is 266 g/mol. The minimum atomic E-state index is -0.200. The Bertz CT molecular complexity index is 505. The number of rotatable bonds is 7. The van der Waals surface area contributed by atoms with E-state index >= 15 is 0 Å². The third-order valence-electron chi connectivity index (χ3n) is 2.62. The zero-order valence-electron chi connectivity index (χ0n) is 10.5. The summed E-state index contributed by atoms with van der Waals surface area (Å²) in [5, 5.41) is 3.72. The second-order valence-electron chi connectivity index (χ2n) is 4.06. The van der Waals surface area contributed by atoms with Crippen molar-refractivity contribution >= 4 is 28.5 Å². The summed E-state index contributed by atoms with van der Waals surface area (Å²) >= 11 is 5.48. The van der Waals surface area contributed by atoms with E-state index in [9.17, 15) is 4.79 Å². The van der Waals surface area contributed by atoms with Gasteiger partial charge in [0.2, 0.25) is 0 Å². The second-order valence-corrected chi connectivity index (χ2v) is 4.44. The van der Waals surface area contributed by atoms with Crippen LogP contribution in [0.5, 0.6) is 0 Å². The van der Waals surface area contributed by atoms with Crippen LogP contribution in [0.1, 0.15) is 17.0 Å². The molecular formula is C14H16ClNO3. The number of alkyl halides is 1. The Morgan fingerprint density at radius 1 is 1.32 bits per heavy atom. The molecule has 0 fully saturated rings. The van der Waals surface area contributed by atoms with Gasteiger partial charge in [0.15, 0.2) is 5.76 Å². The molecule has 1 aromatic carbocycles. The van der Waals surface area contributed by atoms with Crippen LogP contribution in [0.3, 0.4) is 0 Å². The van der Waals surface area contributed by atoms with E-state index in [0.717, 1.165) is 17.4 Å². The average molecular weight is 282 g/mol. The highest BCUT2D eigenvalue weighted by Gasteiger charge is 2.10. The van der Waals surface area contributed by atoms with Crippen molar-refractivity contribution in [2.45, 2.75) is 6.42 Å². The lowest BCUT2D eigenvalue weighted by atomic mass is 10.2. The Labute approximate surface area is 116 Å². The molecule has 2 rings (SSSR count). The fraction of sp³-hybridized carbons (Fsp3) is 0.357. The lowest BCUT2D eigenvalue weighted by Crippen LogP contribution is -2.24. The number of carbonyl (C=O) groups is 1. The zero-order chi connectivity index (χ0) is 13.5. The standard InChI is InChI=1S/C14H16ClNO3/c15-6-9-18-8-3-7-16-14(17)13-10-11-4-1-2-5-12(11)19-13/h1-2,4-5,10H,3,6-9H2,(H,16,17). The van der Waals surface area contributed by atoms with Crippen molar-refractivity contribution < 1.29 is 13.9 Å². The second kappa shape index (κ2) is 7.16. The highest BCUT2D eigenvalue weighted by atomic mass is 35.5. The van der Waals surface area contributed by atoms with E-state index in [-0.39, 0.29) is 5.91 Å². The topological polar surface area (TPSA) is 51.5 Å². The molecule has 0 saturated carbocycles. The molecule has 19 heavy (non-hydrogen) atoms. The summed E-state index contributed by atoms with van der Waals surface area (Å²) in [7, 11) is 0. The van der Waals surface area contributed by atoms with Crippen LogP contribution in [0.4, 0.5) is 0 Å². The minimum Gasteiger partial charge on any atom is -0.451 e. The number of hydrogen-bond donors (Lipinski definition) is 1. The van der Waals surface area contributed by atoms with Gasteiger partial charge in [-0.05, 0) is 18.6 Å². The highest BCUT2D eigenvalue weighted by molar-refractivity contribution is 6.17. The van der Waals surface area contributed by atoms with Crippen molar-refractivity contribution in [3.8, 4) is 0 Å². The van der Waals surface area contributed by atoms with Crippen LogP contribution < -0.4 is 5.32 Å². The van der Waals surface area contributed by atoms with Crippen LogP contribution >= 0.6 is 11.6 Å². The van der Waals surface area contributed by atoms with Gasteiger partial charge in [0.1, 0.15) is 5.58 Å². The first-order chi connectivity index (χ1) is 9.31. The Morgan fingerprint density at radius 2 is 2.16 bits per heavy atom. The summed E-state index contributed by atoms with van der Waals surface area (Å²) < 4.78 is 10.7. The molecule has 0 aliphatic carbocycles. The predicted molar refractivity (Wildman–Crippen MR) is 74.7 cm³/mol. The summed E-state index contributed by atoms with van der Waals surface area (Å²) in [6.45, 7) is 1.68. The molecule has 5 heteroatoms. The third-order valence-corrected chi connectivity index (χ3v) is 2.78. The van der Waals surface area contributed by atoms with Gasteiger partial charge in [-0.15, -0.1) is 11.6 Å². The maximum Gasteiger partial charge on any atom is 0.287 e. The van der Waals surface area contributed by atoms with Gasteiger partial charge in [-0.1, -0.05) is 18.2 Å². The Hall–Kier alpha value is -1.52. The molecule has 102 valence electrons. The number of nitrogens with one attached hydrogen (secondary N) is 1. The van der Waals surface area contributed by atoms with Crippen molar-refractivity contribution in [1.82, 2.24) is 5.32 Å². The van der Waals surface area contributed by atoms with Crippen molar-refractivity contribution in [2.75, 3.05) is 25.6 Å². The number of benzene rings is 1. The molecule has 0 bridgehead atoms. The molecule has 0 aliphatic heterocycles. The number of ether oxygens (including phenoxy) is 1. The SMILES string of the molecule is O=C(NCCCOCCCl)c1cc2ccccc2o1. The van der Waals surface area contributed by atoms with Crippen molar-refractivity contribution in [1.29, 1.82) is 0 Å². The summed E-state index contributed by atoms with van der Waals surface area (Å²) in [5.41, 5.74) is 0.720. The number of furan rings is 1. The van der Waals surface area contributed by atoms with E-state index in [1.165, 1.54) is 0 Å². The largest absolute Gasteiger partial charge is 0.451 e. The number of fused-ring (bicyclic) bond motifs is 1. The van der Waals surface area contributed by atoms with Gasteiger partial charge in [0.05, 0.1) is 6.61 Å². The van der Waals surface area contributed by atoms with Crippen LogP contribution in [-0.2, 0) is 4.74 Å². The fourth-order valence-electron chi connectivity index (χ4n) is 1.71. The lowest BCUT2D eigenvalue weighted by Gasteiger charge is -2.03. The van der Waals surface area contributed by atoms with Crippen molar-refractivity contribution in [3.63, 3.8) is 0 Å². The van der Waals surface area contributed by atoms with Gasteiger partial charge in [-0.25, -0.2) is 0 Å². The monoisotopic (exact) mass is 281 g/mol. The Balaban J connectivity index is 1.79. The van der Waals surface area contributed by atoms with Gasteiger partial charge in [-0.2, -0.15) is 0 Å². The summed E-state index contributed by atoms with van der Waals surface area (Å²) in [6, 6.07) is 9.28. The number of halogens is 1. The number of carbonyl (C=O) groups excluding carboxylic acids is 1. The number of para-hydroxylation sites is 1. The maximum atomic E-state index is 11.8. The molecule has 0 unspecified atom stereocenters. The normalized spacial score (nSPS) is 10.8.